The van der Waals surface area contributed by atoms with Gasteiger partial charge in [-0.15, -0.1) is 0 Å². The maximum Gasteiger partial charge on any atom is 0.395 e. The van der Waals surface area contributed by atoms with E-state index in [9.17, 15) is 29.7 Å². The minimum Gasteiger partial charge on any atom is -0.478 e. The molecule has 8 heteroatoms. The third kappa shape index (κ3) is 6.91. The van der Waals surface area contributed by atoms with E-state index >= 15 is 0 Å². The van der Waals surface area contributed by atoms with Gasteiger partial charge in [0.15, 0.2) is 0 Å². The normalized spacial score (nSPS) is 11.7. The molecule has 0 fully saturated rings. The average molecular weight is 428 g/mol. The van der Waals surface area contributed by atoms with Crippen LogP contribution in [0.5, 0.6) is 0 Å². The third-order valence-corrected chi connectivity index (χ3v) is 4.76. The second-order valence-corrected chi connectivity index (χ2v) is 7.20. The molecule has 31 heavy (non-hydrogen) atoms. The average Bonchev–Trinajstić information content (AvgIpc) is 2.75. The highest BCUT2D eigenvalue weighted by Crippen LogP contribution is 2.29. The number of aliphatic carboxylic acids is 1. The van der Waals surface area contributed by atoms with E-state index in [1.807, 2.05) is 0 Å². The van der Waals surface area contributed by atoms with Gasteiger partial charge in [-0.3, -0.25) is 9.69 Å². The fourth-order valence-electron chi connectivity index (χ4n) is 3.20. The summed E-state index contributed by atoms with van der Waals surface area (Å²) in [6, 6.07) is 12.2. The van der Waals surface area contributed by atoms with Crippen LogP contribution >= 0.6 is 0 Å². The highest BCUT2D eigenvalue weighted by molar-refractivity contribution is 6.39. The Labute approximate surface area is 181 Å². The summed E-state index contributed by atoms with van der Waals surface area (Å²) in [5.74, 6) is -4.24. The molecule has 0 bridgehead atoms. The molecule has 0 aliphatic rings. The Bertz CT molecular complexity index is 897. The highest BCUT2D eigenvalue weighted by Gasteiger charge is 2.27. The van der Waals surface area contributed by atoms with E-state index in [4.69, 9.17) is 0 Å². The number of aliphatic hydroxyl groups is 1. The number of carbonyl (C=O) groups is 3. The van der Waals surface area contributed by atoms with Gasteiger partial charge in [-0.2, -0.15) is 0 Å². The van der Waals surface area contributed by atoms with Gasteiger partial charge in [-0.1, -0.05) is 44.0 Å². The number of anilines is 2. The van der Waals surface area contributed by atoms with Gasteiger partial charge >= 0.3 is 17.8 Å². The largest absolute Gasteiger partial charge is 0.478 e. The number of benzene rings is 2. The maximum atomic E-state index is 12.4. The Morgan fingerprint density at radius 1 is 1.00 bits per heavy atom. The van der Waals surface area contributed by atoms with Crippen molar-refractivity contribution >= 4 is 29.2 Å². The molecule has 0 saturated carbocycles. The van der Waals surface area contributed by atoms with E-state index < -0.39 is 23.9 Å². The number of nitrogens with one attached hydrogen (secondary N) is 1. The van der Waals surface area contributed by atoms with Crippen molar-refractivity contribution in [3.05, 3.63) is 59.7 Å². The number of para-hydroxylation sites is 1. The molecule has 1 unspecified atom stereocenters. The molecule has 0 saturated heterocycles. The van der Waals surface area contributed by atoms with Crippen LogP contribution in [0.25, 0.3) is 0 Å². The number of rotatable bonds is 11. The Morgan fingerprint density at radius 2 is 1.68 bits per heavy atom. The number of carboxylic acid groups (broad SMARTS) is 2. The van der Waals surface area contributed by atoms with Gasteiger partial charge in [0.2, 0.25) is 0 Å². The van der Waals surface area contributed by atoms with Crippen LogP contribution in [0, 0.1) is 0 Å². The number of aliphatic hydroxyl groups excluding tert-OH is 1. The van der Waals surface area contributed by atoms with Gasteiger partial charge in [0.05, 0.1) is 17.4 Å². The number of nitrogens with zero attached hydrogens (tertiary/aromatic N) is 1. The first-order valence-corrected chi connectivity index (χ1v) is 10.2. The molecular weight excluding hydrogens is 400 g/mol. The van der Waals surface area contributed by atoms with Gasteiger partial charge < -0.3 is 20.6 Å². The molecule has 2 rings (SSSR count). The molecule has 0 aliphatic carbocycles. The zero-order chi connectivity index (χ0) is 22.8. The number of hydrogen-bond acceptors (Lipinski definition) is 5. The standard InChI is InChI=1S/C23H28N2O6/c1-2-3-6-13-24-15-18(26)14-16-9-11-17(12-10-16)25(21(27)23(30)31)20-8-5-4-7-19(20)22(28)29/h4-5,7-12,18,24,26H,2-3,6,13-15H2,1H3,(H,28,29)(H,30,31). The predicted octanol–water partition coefficient (Wildman–Crippen LogP) is 2.82. The van der Waals surface area contributed by atoms with Crippen molar-refractivity contribution in [3.8, 4) is 0 Å². The molecule has 0 aliphatic heterocycles. The minimum atomic E-state index is -1.70. The van der Waals surface area contributed by atoms with Crippen LogP contribution in [0.2, 0.25) is 0 Å². The summed E-state index contributed by atoms with van der Waals surface area (Å²) in [6.45, 7) is 3.43. The summed E-state index contributed by atoms with van der Waals surface area (Å²) >= 11 is 0. The number of carboxylic acids is 2. The zero-order valence-electron chi connectivity index (χ0n) is 17.5. The second-order valence-electron chi connectivity index (χ2n) is 7.20. The van der Waals surface area contributed by atoms with Crippen molar-refractivity contribution in [3.63, 3.8) is 0 Å². The van der Waals surface area contributed by atoms with Gasteiger partial charge in [-0.05, 0) is 49.2 Å². The highest BCUT2D eigenvalue weighted by atomic mass is 16.4. The minimum absolute atomic E-state index is 0.0357. The monoisotopic (exact) mass is 428 g/mol. The van der Waals surface area contributed by atoms with Crippen molar-refractivity contribution in [2.24, 2.45) is 0 Å². The lowest BCUT2D eigenvalue weighted by Gasteiger charge is -2.23. The third-order valence-electron chi connectivity index (χ3n) is 4.76. The first-order chi connectivity index (χ1) is 14.8. The van der Waals surface area contributed by atoms with Gasteiger partial charge in [0, 0.05) is 12.2 Å². The number of amides is 1. The van der Waals surface area contributed by atoms with Crippen LogP contribution in [0.1, 0.15) is 42.1 Å². The van der Waals surface area contributed by atoms with Gasteiger partial charge in [0.1, 0.15) is 0 Å². The first-order valence-electron chi connectivity index (χ1n) is 10.2. The molecule has 0 heterocycles. The molecule has 166 valence electrons. The quantitative estimate of drug-likeness (QED) is 0.320. The summed E-state index contributed by atoms with van der Waals surface area (Å²) in [6.07, 6.45) is 3.13. The summed E-state index contributed by atoms with van der Waals surface area (Å²) in [5, 5.41) is 32.1. The predicted molar refractivity (Wildman–Crippen MR) is 117 cm³/mol. The van der Waals surface area contributed by atoms with E-state index in [0.717, 1.165) is 36.3 Å². The molecule has 0 spiro atoms. The summed E-state index contributed by atoms with van der Waals surface area (Å²) in [4.78, 5) is 36.1. The first kappa shape index (κ1) is 24.0. The molecule has 2 aromatic carbocycles. The lowest BCUT2D eigenvalue weighted by atomic mass is 10.1. The van der Waals surface area contributed by atoms with Crippen molar-refractivity contribution in [1.82, 2.24) is 5.32 Å². The fraction of sp³-hybridized carbons (Fsp3) is 0.348. The Kier molecular flexibility index (Phi) is 9.17. The molecule has 8 nitrogen and oxygen atoms in total. The molecule has 0 radical (unpaired) electrons. The Balaban J connectivity index is 2.17. The van der Waals surface area contributed by atoms with Gasteiger partial charge in [-0.25, -0.2) is 9.59 Å². The van der Waals surface area contributed by atoms with Gasteiger partial charge in [0.25, 0.3) is 0 Å². The van der Waals surface area contributed by atoms with Crippen LogP contribution in [-0.2, 0) is 16.0 Å². The SMILES string of the molecule is CCCCCNCC(O)Cc1ccc(N(C(=O)C(=O)O)c2ccccc2C(=O)O)cc1. The maximum absolute atomic E-state index is 12.4. The molecule has 0 aromatic heterocycles. The van der Waals surface area contributed by atoms with Crippen LogP contribution in [0.4, 0.5) is 11.4 Å². The van der Waals surface area contributed by atoms with Crippen LogP contribution in [0.15, 0.2) is 48.5 Å². The van der Waals surface area contributed by atoms with Crippen LogP contribution in [0.3, 0.4) is 0 Å². The van der Waals surface area contributed by atoms with Crippen molar-refractivity contribution < 1.29 is 29.7 Å². The lowest BCUT2D eigenvalue weighted by Crippen LogP contribution is -2.33. The van der Waals surface area contributed by atoms with E-state index in [1.54, 1.807) is 12.1 Å². The number of hydrogen-bond donors (Lipinski definition) is 4. The molecule has 1 atom stereocenters. The topological polar surface area (TPSA) is 127 Å². The van der Waals surface area contributed by atoms with Crippen molar-refractivity contribution in [1.29, 1.82) is 0 Å². The van der Waals surface area contributed by atoms with Crippen LogP contribution < -0.4 is 10.2 Å². The lowest BCUT2D eigenvalue weighted by molar-refractivity contribution is -0.148. The Morgan fingerprint density at radius 3 is 2.29 bits per heavy atom. The number of aromatic carboxylic acids is 1. The number of carbonyl (C=O) groups excluding carboxylic acids is 1. The van der Waals surface area contributed by atoms with E-state index in [0.29, 0.717) is 13.0 Å². The summed E-state index contributed by atoms with van der Waals surface area (Å²) in [7, 11) is 0. The molecular formula is C23H28N2O6. The fourth-order valence-corrected chi connectivity index (χ4v) is 3.20. The van der Waals surface area contributed by atoms with E-state index in [-0.39, 0.29) is 16.9 Å². The molecule has 4 N–H and O–H groups in total. The zero-order valence-corrected chi connectivity index (χ0v) is 17.5. The van der Waals surface area contributed by atoms with E-state index in [1.165, 1.54) is 36.4 Å². The smallest absolute Gasteiger partial charge is 0.395 e. The van der Waals surface area contributed by atoms with Crippen molar-refractivity contribution in [2.45, 2.75) is 38.7 Å². The van der Waals surface area contributed by atoms with Crippen molar-refractivity contribution in [2.75, 3.05) is 18.0 Å². The molecule has 2 aromatic rings. The van der Waals surface area contributed by atoms with Crippen LogP contribution in [-0.4, -0.2) is 52.4 Å². The summed E-state index contributed by atoms with van der Waals surface area (Å²) in [5.41, 5.74) is 0.801. The number of unbranched alkanes of at least 4 members (excludes halogenated alkanes) is 2. The Hall–Kier alpha value is -3.23. The van der Waals surface area contributed by atoms with E-state index in [2.05, 4.69) is 12.2 Å². The molecule has 1 amide bonds. The second kappa shape index (κ2) is 11.8. The summed E-state index contributed by atoms with van der Waals surface area (Å²) < 4.78 is 0.